The van der Waals surface area contributed by atoms with Crippen LogP contribution in [0.25, 0.3) is 0 Å². The standard InChI is InChI=1S/C10H10BrClFN3O/c1-2-16-10(14-9(11)15-16)17-6-3-4-8(13)7(12)5-6/h5H,2-4H2,1H3. The van der Waals surface area contributed by atoms with Crippen molar-refractivity contribution in [2.75, 3.05) is 0 Å². The number of aromatic nitrogens is 3. The summed E-state index contributed by atoms with van der Waals surface area (Å²) in [5, 5.41) is 4.17. The SMILES string of the molecule is CCn1nc(Br)nc1OC1=CC(Cl)=C(F)CC1. The molecule has 4 nitrogen and oxygen atoms in total. The van der Waals surface area contributed by atoms with Crippen molar-refractivity contribution in [2.45, 2.75) is 26.3 Å². The maximum Gasteiger partial charge on any atom is 0.321 e. The van der Waals surface area contributed by atoms with Gasteiger partial charge in [0, 0.05) is 19.4 Å². The van der Waals surface area contributed by atoms with Crippen molar-refractivity contribution in [1.29, 1.82) is 0 Å². The maximum atomic E-state index is 13.0. The van der Waals surface area contributed by atoms with Gasteiger partial charge in [-0.05, 0) is 28.9 Å². The molecule has 0 radical (unpaired) electrons. The lowest BCUT2D eigenvalue weighted by molar-refractivity contribution is 0.339. The third kappa shape index (κ3) is 2.87. The second-order valence-corrected chi connectivity index (χ2v) is 4.56. The van der Waals surface area contributed by atoms with E-state index in [9.17, 15) is 4.39 Å². The highest BCUT2D eigenvalue weighted by molar-refractivity contribution is 9.10. The van der Waals surface area contributed by atoms with E-state index in [4.69, 9.17) is 16.3 Å². The van der Waals surface area contributed by atoms with Crippen molar-refractivity contribution in [3.63, 3.8) is 0 Å². The van der Waals surface area contributed by atoms with Crippen molar-refractivity contribution in [3.05, 3.63) is 27.4 Å². The van der Waals surface area contributed by atoms with Gasteiger partial charge in [-0.25, -0.2) is 9.07 Å². The number of halogens is 3. The Bertz CT molecular complexity index is 498. The normalized spacial score (nSPS) is 16.1. The van der Waals surface area contributed by atoms with Crippen LogP contribution in [-0.4, -0.2) is 14.8 Å². The van der Waals surface area contributed by atoms with Gasteiger partial charge in [-0.3, -0.25) is 0 Å². The highest BCUT2D eigenvalue weighted by Crippen LogP contribution is 2.28. The molecule has 1 aromatic heterocycles. The summed E-state index contributed by atoms with van der Waals surface area (Å²) in [6.45, 7) is 2.56. The van der Waals surface area contributed by atoms with Crippen LogP contribution in [0, 0.1) is 0 Å². The van der Waals surface area contributed by atoms with E-state index in [2.05, 4.69) is 26.0 Å². The molecule has 0 unspecified atom stereocenters. The van der Waals surface area contributed by atoms with Gasteiger partial charge in [-0.15, -0.1) is 5.10 Å². The van der Waals surface area contributed by atoms with Crippen molar-refractivity contribution in [1.82, 2.24) is 14.8 Å². The Morgan fingerprint density at radius 1 is 1.59 bits per heavy atom. The molecule has 0 spiro atoms. The first kappa shape index (κ1) is 12.6. The third-order valence-electron chi connectivity index (χ3n) is 2.27. The highest BCUT2D eigenvalue weighted by atomic mass is 79.9. The number of hydrogen-bond donors (Lipinski definition) is 0. The summed E-state index contributed by atoms with van der Waals surface area (Å²) in [7, 11) is 0. The summed E-state index contributed by atoms with van der Waals surface area (Å²) in [4.78, 5) is 4.07. The molecule has 0 saturated heterocycles. The molecule has 2 rings (SSSR count). The van der Waals surface area contributed by atoms with Gasteiger partial charge in [-0.1, -0.05) is 11.6 Å². The highest BCUT2D eigenvalue weighted by Gasteiger charge is 2.16. The molecule has 17 heavy (non-hydrogen) atoms. The Balaban J connectivity index is 2.19. The molecule has 1 aliphatic carbocycles. The van der Waals surface area contributed by atoms with Crippen molar-refractivity contribution in [3.8, 4) is 6.01 Å². The Kier molecular flexibility index (Phi) is 3.83. The molecule has 1 aliphatic rings. The number of rotatable bonds is 3. The van der Waals surface area contributed by atoms with Crippen LogP contribution >= 0.6 is 27.5 Å². The van der Waals surface area contributed by atoms with Crippen molar-refractivity contribution < 1.29 is 9.13 Å². The fraction of sp³-hybridized carbons (Fsp3) is 0.400. The van der Waals surface area contributed by atoms with Gasteiger partial charge in [0.1, 0.15) is 11.6 Å². The van der Waals surface area contributed by atoms with Crippen LogP contribution in [0.15, 0.2) is 27.4 Å². The van der Waals surface area contributed by atoms with Crippen LogP contribution in [-0.2, 0) is 6.54 Å². The van der Waals surface area contributed by atoms with E-state index in [0.29, 0.717) is 29.5 Å². The van der Waals surface area contributed by atoms with Crippen LogP contribution < -0.4 is 4.74 Å². The van der Waals surface area contributed by atoms with Gasteiger partial charge in [0.05, 0.1) is 5.03 Å². The largest absolute Gasteiger partial charge is 0.429 e. The number of ether oxygens (including phenoxy) is 1. The Hall–Kier alpha value is -0.880. The van der Waals surface area contributed by atoms with E-state index in [-0.39, 0.29) is 17.3 Å². The Morgan fingerprint density at radius 3 is 3.00 bits per heavy atom. The molecule has 0 fully saturated rings. The van der Waals surface area contributed by atoms with Crippen LogP contribution in [0.3, 0.4) is 0 Å². The summed E-state index contributed by atoms with van der Waals surface area (Å²) in [5.74, 6) is 0.281. The first-order chi connectivity index (χ1) is 8.10. The summed E-state index contributed by atoms with van der Waals surface area (Å²) in [5.41, 5.74) is 0. The number of allylic oxidation sites excluding steroid dienone is 4. The molecule has 0 aromatic carbocycles. The van der Waals surface area contributed by atoms with E-state index in [1.54, 1.807) is 4.68 Å². The number of nitrogens with zero attached hydrogens (tertiary/aromatic N) is 3. The van der Waals surface area contributed by atoms with Gasteiger partial charge in [0.25, 0.3) is 0 Å². The third-order valence-corrected chi connectivity index (χ3v) is 2.92. The Morgan fingerprint density at radius 2 is 2.35 bits per heavy atom. The summed E-state index contributed by atoms with van der Waals surface area (Å²) >= 11 is 8.88. The predicted octanol–water partition coefficient (Wildman–Crippen LogP) is 3.54. The predicted molar refractivity (Wildman–Crippen MR) is 65.3 cm³/mol. The van der Waals surface area contributed by atoms with Crippen LogP contribution in [0.2, 0.25) is 0 Å². The first-order valence-electron chi connectivity index (χ1n) is 5.13. The summed E-state index contributed by atoms with van der Waals surface area (Å²) in [6.07, 6.45) is 2.20. The van der Waals surface area contributed by atoms with E-state index < -0.39 is 0 Å². The van der Waals surface area contributed by atoms with Gasteiger partial charge in [0.2, 0.25) is 4.73 Å². The van der Waals surface area contributed by atoms with E-state index in [1.807, 2.05) is 6.92 Å². The smallest absolute Gasteiger partial charge is 0.321 e. The molecule has 7 heteroatoms. The summed E-state index contributed by atoms with van der Waals surface area (Å²) in [6, 6.07) is 0.373. The molecule has 0 bridgehead atoms. The molecular weight excluding hydrogens is 312 g/mol. The molecule has 0 atom stereocenters. The molecule has 0 N–H and O–H groups in total. The zero-order chi connectivity index (χ0) is 12.4. The molecule has 1 aromatic rings. The number of aryl methyl sites for hydroxylation is 1. The topological polar surface area (TPSA) is 39.9 Å². The van der Waals surface area contributed by atoms with Gasteiger partial charge in [-0.2, -0.15) is 4.98 Å². The first-order valence-corrected chi connectivity index (χ1v) is 6.30. The monoisotopic (exact) mass is 321 g/mol. The second kappa shape index (κ2) is 5.18. The lowest BCUT2D eigenvalue weighted by Gasteiger charge is -2.12. The minimum absolute atomic E-state index is 0.0906. The van der Waals surface area contributed by atoms with Gasteiger partial charge < -0.3 is 4.74 Å². The summed E-state index contributed by atoms with van der Waals surface area (Å²) < 4.78 is 20.7. The molecule has 92 valence electrons. The Labute approximate surface area is 111 Å². The van der Waals surface area contributed by atoms with Crippen LogP contribution in [0.1, 0.15) is 19.8 Å². The zero-order valence-corrected chi connectivity index (χ0v) is 11.4. The van der Waals surface area contributed by atoms with E-state index in [1.165, 1.54) is 6.08 Å². The molecule has 0 saturated carbocycles. The van der Waals surface area contributed by atoms with E-state index >= 15 is 0 Å². The van der Waals surface area contributed by atoms with Crippen molar-refractivity contribution in [2.24, 2.45) is 0 Å². The lowest BCUT2D eigenvalue weighted by Crippen LogP contribution is -2.06. The fourth-order valence-corrected chi connectivity index (χ4v) is 1.98. The second-order valence-electron chi connectivity index (χ2n) is 3.44. The molecule has 1 heterocycles. The molecule has 0 amide bonds. The zero-order valence-electron chi connectivity index (χ0n) is 9.08. The quantitative estimate of drug-likeness (QED) is 0.854. The average Bonchev–Trinajstić information content (AvgIpc) is 2.64. The molecule has 0 aliphatic heterocycles. The maximum absolute atomic E-state index is 13.0. The van der Waals surface area contributed by atoms with Crippen molar-refractivity contribution >= 4 is 27.5 Å². The number of hydrogen-bond acceptors (Lipinski definition) is 3. The minimum Gasteiger partial charge on any atom is -0.429 e. The lowest BCUT2D eigenvalue weighted by atomic mass is 10.1. The fourth-order valence-electron chi connectivity index (χ4n) is 1.42. The van der Waals surface area contributed by atoms with Crippen LogP contribution in [0.5, 0.6) is 6.01 Å². The van der Waals surface area contributed by atoms with Crippen LogP contribution in [0.4, 0.5) is 4.39 Å². The van der Waals surface area contributed by atoms with Gasteiger partial charge in [0.15, 0.2) is 0 Å². The molecular formula is C10H10BrClFN3O. The van der Waals surface area contributed by atoms with Gasteiger partial charge >= 0.3 is 6.01 Å². The minimum atomic E-state index is -0.308. The average molecular weight is 323 g/mol. The van der Waals surface area contributed by atoms with E-state index in [0.717, 1.165) is 0 Å².